The summed E-state index contributed by atoms with van der Waals surface area (Å²) in [4.78, 5) is 19.8. The summed E-state index contributed by atoms with van der Waals surface area (Å²) in [5, 5.41) is 5.63. The molecular weight excluding hydrogens is 479 g/mol. The molecule has 1 amide bonds. The van der Waals surface area contributed by atoms with Crippen molar-refractivity contribution in [1.82, 2.24) is 19.7 Å². The zero-order chi connectivity index (χ0) is 26.4. The number of carbonyl (C=O) groups excluding carboxylic acids is 1. The van der Waals surface area contributed by atoms with E-state index in [0.29, 0.717) is 30.4 Å². The maximum Gasteiger partial charge on any atom is 0.276 e. The Hall–Kier alpha value is -4.26. The lowest BCUT2D eigenvalue weighted by molar-refractivity contribution is 0.0776. The van der Waals surface area contributed by atoms with Gasteiger partial charge in [0, 0.05) is 30.8 Å². The Morgan fingerprint density at radius 2 is 1.82 bits per heavy atom. The normalized spacial score (nSPS) is 17.4. The number of rotatable bonds is 5. The largest absolute Gasteiger partial charge is 0.445 e. The quantitative estimate of drug-likeness (QED) is 0.288. The van der Waals surface area contributed by atoms with E-state index >= 15 is 0 Å². The summed E-state index contributed by atoms with van der Waals surface area (Å²) in [5.74, 6) is 0.693. The second kappa shape index (κ2) is 9.24. The van der Waals surface area contributed by atoms with E-state index in [1.54, 1.807) is 26.0 Å². The minimum absolute atomic E-state index is 0.0860. The van der Waals surface area contributed by atoms with Gasteiger partial charge in [0.1, 0.15) is 11.6 Å². The van der Waals surface area contributed by atoms with Crippen molar-refractivity contribution in [2.45, 2.75) is 39.0 Å². The number of hydrogen-bond donors (Lipinski definition) is 0. The summed E-state index contributed by atoms with van der Waals surface area (Å²) >= 11 is 0. The maximum atomic E-state index is 13.5. The van der Waals surface area contributed by atoms with Crippen molar-refractivity contribution >= 4 is 16.8 Å². The van der Waals surface area contributed by atoms with Gasteiger partial charge in [-0.15, -0.1) is 0 Å². The van der Waals surface area contributed by atoms with Gasteiger partial charge in [0.05, 0.1) is 17.4 Å². The van der Waals surface area contributed by atoms with Crippen LogP contribution in [0.25, 0.3) is 16.6 Å². The van der Waals surface area contributed by atoms with Crippen LogP contribution < -0.4 is 0 Å². The minimum Gasteiger partial charge on any atom is -0.445 e. The Kier molecular flexibility index (Phi) is 5.86. The second-order valence-corrected chi connectivity index (χ2v) is 10.3. The minimum atomic E-state index is -0.275. The van der Waals surface area contributed by atoms with Crippen molar-refractivity contribution in [2.24, 2.45) is 0 Å². The number of aromatic nitrogens is 3. The maximum absolute atomic E-state index is 13.5. The highest BCUT2D eigenvalue weighted by Gasteiger charge is 2.43. The molecule has 7 heteroatoms. The fourth-order valence-corrected chi connectivity index (χ4v) is 5.91. The third kappa shape index (κ3) is 4.18. The number of aryl methyl sites for hydroxylation is 3. The second-order valence-electron chi connectivity index (χ2n) is 10.3. The van der Waals surface area contributed by atoms with Gasteiger partial charge in [-0.2, -0.15) is 5.10 Å². The molecule has 38 heavy (non-hydrogen) atoms. The average Bonchev–Trinajstić information content (AvgIpc) is 3.61. The molecule has 0 bridgehead atoms. The molecule has 0 saturated carbocycles. The number of benzene rings is 3. The van der Waals surface area contributed by atoms with Gasteiger partial charge in [0.25, 0.3) is 5.91 Å². The van der Waals surface area contributed by atoms with Gasteiger partial charge in [0.2, 0.25) is 0 Å². The molecule has 1 aliphatic heterocycles. The van der Waals surface area contributed by atoms with Gasteiger partial charge in [-0.1, -0.05) is 30.3 Å². The molecule has 1 unspecified atom stereocenters. The molecule has 2 aromatic heterocycles. The molecular formula is C31H29FN4O2. The predicted octanol–water partition coefficient (Wildman–Crippen LogP) is 6.10. The van der Waals surface area contributed by atoms with Crippen molar-refractivity contribution in [3.63, 3.8) is 0 Å². The van der Waals surface area contributed by atoms with Crippen LogP contribution in [-0.2, 0) is 11.8 Å². The Balaban J connectivity index is 1.42. The van der Waals surface area contributed by atoms with Crippen LogP contribution in [0.5, 0.6) is 0 Å². The average molecular weight is 509 g/mol. The molecule has 0 radical (unpaired) electrons. The molecule has 1 fully saturated rings. The smallest absolute Gasteiger partial charge is 0.276 e. The van der Waals surface area contributed by atoms with Crippen LogP contribution in [-0.4, -0.2) is 38.7 Å². The summed E-state index contributed by atoms with van der Waals surface area (Å²) in [6, 6.07) is 21.2. The van der Waals surface area contributed by atoms with Gasteiger partial charge in [-0.05, 0) is 79.8 Å². The third-order valence-electron chi connectivity index (χ3n) is 7.69. The van der Waals surface area contributed by atoms with Gasteiger partial charge in [-0.3, -0.25) is 4.79 Å². The first-order chi connectivity index (χ1) is 18.3. The fourth-order valence-electron chi connectivity index (χ4n) is 5.91. The lowest BCUT2D eigenvalue weighted by atomic mass is 9.73. The number of oxazole rings is 1. The highest BCUT2D eigenvalue weighted by atomic mass is 19.1. The van der Waals surface area contributed by atoms with Crippen LogP contribution in [0.15, 0.2) is 77.3 Å². The summed E-state index contributed by atoms with van der Waals surface area (Å²) in [5.41, 5.74) is 5.49. The Morgan fingerprint density at radius 1 is 1.05 bits per heavy atom. The van der Waals surface area contributed by atoms with E-state index in [-0.39, 0.29) is 17.1 Å². The van der Waals surface area contributed by atoms with E-state index < -0.39 is 0 Å². The first-order valence-corrected chi connectivity index (χ1v) is 12.8. The Morgan fingerprint density at radius 3 is 2.53 bits per heavy atom. The lowest BCUT2D eigenvalue weighted by Crippen LogP contribution is -2.37. The number of hydrogen-bond acceptors (Lipinski definition) is 4. The van der Waals surface area contributed by atoms with Gasteiger partial charge >= 0.3 is 0 Å². The number of likely N-dealkylation sites (tertiary alicyclic amines) is 1. The number of carbonyl (C=O) groups is 1. The Bertz CT molecular complexity index is 1640. The van der Waals surface area contributed by atoms with Gasteiger partial charge in [-0.25, -0.2) is 14.1 Å². The molecule has 6 nitrogen and oxygen atoms in total. The monoisotopic (exact) mass is 508 g/mol. The van der Waals surface area contributed by atoms with Crippen LogP contribution in [0.3, 0.4) is 0 Å². The first-order valence-electron chi connectivity index (χ1n) is 12.8. The van der Waals surface area contributed by atoms with Crippen molar-refractivity contribution in [2.75, 3.05) is 13.1 Å². The van der Waals surface area contributed by atoms with Crippen LogP contribution >= 0.6 is 0 Å². The van der Waals surface area contributed by atoms with Crippen LogP contribution in [0, 0.1) is 26.6 Å². The first kappa shape index (κ1) is 24.1. The predicted molar refractivity (Wildman–Crippen MR) is 144 cm³/mol. The molecule has 1 atom stereocenters. The van der Waals surface area contributed by atoms with Gasteiger partial charge < -0.3 is 9.32 Å². The zero-order valence-corrected chi connectivity index (χ0v) is 21.7. The molecule has 5 aromatic rings. The van der Waals surface area contributed by atoms with Gasteiger partial charge in [0.15, 0.2) is 11.6 Å². The highest BCUT2D eigenvalue weighted by molar-refractivity contribution is 5.93. The zero-order valence-electron chi connectivity index (χ0n) is 21.7. The molecule has 3 aromatic carbocycles. The van der Waals surface area contributed by atoms with Crippen LogP contribution in [0.1, 0.15) is 45.3 Å². The summed E-state index contributed by atoms with van der Waals surface area (Å²) in [6.45, 7) is 6.91. The molecule has 6 rings (SSSR count). The number of amides is 1. The molecule has 0 spiro atoms. The SMILES string of the molecule is Cc1nc(C(=O)N2CCC(Cc3ccccc3)(c3cc4cnn(-c5ccc(F)cc5)c4cc3C)C2)c(C)o1. The van der Waals surface area contributed by atoms with Crippen molar-refractivity contribution in [3.05, 3.63) is 113 Å². The Labute approximate surface area is 220 Å². The molecule has 0 N–H and O–H groups in total. The molecule has 1 aliphatic rings. The number of nitrogens with zero attached hydrogens (tertiary/aromatic N) is 4. The molecule has 3 heterocycles. The number of halogens is 1. The van der Waals surface area contributed by atoms with E-state index in [1.165, 1.54) is 23.3 Å². The molecule has 1 saturated heterocycles. The van der Waals surface area contributed by atoms with E-state index in [9.17, 15) is 9.18 Å². The summed E-state index contributed by atoms with van der Waals surface area (Å²) in [6.07, 6.45) is 3.51. The third-order valence-corrected chi connectivity index (χ3v) is 7.69. The van der Waals surface area contributed by atoms with E-state index in [2.05, 4.69) is 53.4 Å². The fraction of sp³-hybridized carbons (Fsp3) is 0.258. The standard InChI is InChI=1S/C31H29FN4O2/c1-20-15-28-24(18-33-36(28)26-11-9-25(32)10-12-26)16-27(20)31(17-23-7-5-4-6-8-23)13-14-35(19-31)30(37)29-21(2)38-22(3)34-29/h4-12,15-16,18H,13-14,17,19H2,1-3H3. The topological polar surface area (TPSA) is 64.2 Å². The lowest BCUT2D eigenvalue weighted by Gasteiger charge is -2.32. The number of fused-ring (bicyclic) bond motifs is 1. The van der Waals surface area contributed by atoms with Crippen molar-refractivity contribution in [3.8, 4) is 5.69 Å². The summed E-state index contributed by atoms with van der Waals surface area (Å²) in [7, 11) is 0. The molecule has 192 valence electrons. The highest BCUT2D eigenvalue weighted by Crippen LogP contribution is 2.41. The summed E-state index contributed by atoms with van der Waals surface area (Å²) < 4.78 is 20.9. The van der Waals surface area contributed by atoms with E-state index in [0.717, 1.165) is 35.0 Å². The van der Waals surface area contributed by atoms with E-state index in [1.807, 2.05) is 21.8 Å². The molecule has 0 aliphatic carbocycles. The van der Waals surface area contributed by atoms with Crippen molar-refractivity contribution < 1.29 is 13.6 Å². The van der Waals surface area contributed by atoms with Crippen molar-refractivity contribution in [1.29, 1.82) is 0 Å². The van der Waals surface area contributed by atoms with Crippen LogP contribution in [0.4, 0.5) is 4.39 Å². The van der Waals surface area contributed by atoms with Crippen LogP contribution in [0.2, 0.25) is 0 Å². The van der Waals surface area contributed by atoms with E-state index in [4.69, 9.17) is 4.42 Å².